The first-order valence-corrected chi connectivity index (χ1v) is 7.93. The normalized spacial score (nSPS) is 19.5. The van der Waals surface area contributed by atoms with Crippen LogP contribution in [0, 0.1) is 6.92 Å². The number of hydrogen-bond donors (Lipinski definition) is 0. The van der Waals surface area contributed by atoms with E-state index in [1.807, 2.05) is 25.1 Å². The van der Waals surface area contributed by atoms with E-state index in [9.17, 15) is 0 Å². The molecule has 4 nitrogen and oxygen atoms in total. The second-order valence-electron chi connectivity index (χ2n) is 6.65. The lowest BCUT2D eigenvalue weighted by Gasteiger charge is -2.32. The smallest absolute Gasteiger partial charge is 0.491 e. The van der Waals surface area contributed by atoms with Crippen LogP contribution >= 0.6 is 0 Å². The highest BCUT2D eigenvalue weighted by Crippen LogP contribution is 2.36. The Morgan fingerprint density at radius 2 is 1.68 bits per heavy atom. The maximum atomic E-state index is 6.10. The van der Waals surface area contributed by atoms with Gasteiger partial charge in [-0.2, -0.15) is 0 Å². The van der Waals surface area contributed by atoms with Crippen molar-refractivity contribution in [2.75, 3.05) is 19.8 Å². The van der Waals surface area contributed by atoms with E-state index in [2.05, 4.69) is 34.6 Å². The summed E-state index contributed by atoms with van der Waals surface area (Å²) in [4.78, 5) is 0. The standard InChI is InChI=1S/C17H27BO4/c1-7-19-10-11-20-14-8-9-15(13(2)12-14)18-21-16(3,4)17(5,6)22-18/h8-9,12H,7,10-11H2,1-6H3. The molecule has 0 aromatic heterocycles. The fourth-order valence-electron chi connectivity index (χ4n) is 2.34. The van der Waals surface area contributed by atoms with Crippen molar-refractivity contribution in [3.63, 3.8) is 0 Å². The monoisotopic (exact) mass is 306 g/mol. The molecule has 1 saturated heterocycles. The Labute approximate surface area is 134 Å². The largest absolute Gasteiger partial charge is 0.495 e. The summed E-state index contributed by atoms with van der Waals surface area (Å²) in [6, 6.07) is 6.00. The number of aryl methyl sites for hydroxylation is 1. The third kappa shape index (κ3) is 3.65. The van der Waals surface area contributed by atoms with Crippen LogP contribution in [0.4, 0.5) is 0 Å². The van der Waals surface area contributed by atoms with Gasteiger partial charge in [-0.05, 0) is 64.7 Å². The van der Waals surface area contributed by atoms with Gasteiger partial charge in [-0.1, -0.05) is 6.07 Å². The first kappa shape index (κ1) is 17.3. The average molecular weight is 306 g/mol. The zero-order valence-corrected chi connectivity index (χ0v) is 14.6. The maximum absolute atomic E-state index is 6.10. The van der Waals surface area contributed by atoms with Crippen LogP contribution in [0.5, 0.6) is 5.75 Å². The van der Waals surface area contributed by atoms with Gasteiger partial charge in [-0.3, -0.25) is 0 Å². The van der Waals surface area contributed by atoms with E-state index in [1.54, 1.807) is 0 Å². The van der Waals surface area contributed by atoms with Gasteiger partial charge < -0.3 is 18.8 Å². The minimum absolute atomic E-state index is 0.323. The molecule has 0 amide bonds. The minimum atomic E-state index is -0.331. The molecular formula is C17H27BO4. The summed E-state index contributed by atoms with van der Waals surface area (Å²) in [6.45, 7) is 14.2. The predicted molar refractivity (Wildman–Crippen MR) is 88.9 cm³/mol. The summed E-state index contributed by atoms with van der Waals surface area (Å²) in [5.41, 5.74) is 1.51. The van der Waals surface area contributed by atoms with E-state index in [-0.39, 0.29) is 18.3 Å². The molecule has 0 bridgehead atoms. The molecule has 1 aromatic rings. The Hall–Kier alpha value is -1.04. The fraction of sp³-hybridized carbons (Fsp3) is 0.647. The van der Waals surface area contributed by atoms with Crippen molar-refractivity contribution >= 4 is 12.6 Å². The molecule has 0 saturated carbocycles. The van der Waals surface area contributed by atoms with Gasteiger partial charge in [-0.15, -0.1) is 0 Å². The van der Waals surface area contributed by atoms with E-state index in [1.165, 1.54) is 0 Å². The Morgan fingerprint density at radius 1 is 1.05 bits per heavy atom. The third-order valence-corrected chi connectivity index (χ3v) is 4.45. The molecule has 0 atom stereocenters. The van der Waals surface area contributed by atoms with Crippen LogP contribution in [0.2, 0.25) is 0 Å². The maximum Gasteiger partial charge on any atom is 0.495 e. The van der Waals surface area contributed by atoms with E-state index in [4.69, 9.17) is 18.8 Å². The third-order valence-electron chi connectivity index (χ3n) is 4.45. The molecular weight excluding hydrogens is 279 g/mol. The van der Waals surface area contributed by atoms with Crippen molar-refractivity contribution in [1.82, 2.24) is 0 Å². The Bertz CT molecular complexity index is 497. The molecule has 1 aliphatic heterocycles. The van der Waals surface area contributed by atoms with Crippen molar-refractivity contribution in [3.8, 4) is 5.75 Å². The number of benzene rings is 1. The molecule has 1 aliphatic rings. The van der Waals surface area contributed by atoms with Gasteiger partial charge in [0.1, 0.15) is 12.4 Å². The van der Waals surface area contributed by atoms with Gasteiger partial charge in [-0.25, -0.2) is 0 Å². The summed E-state index contributed by atoms with van der Waals surface area (Å²) in [5, 5.41) is 0. The molecule has 1 fully saturated rings. The zero-order chi connectivity index (χ0) is 16.4. The minimum Gasteiger partial charge on any atom is -0.491 e. The summed E-state index contributed by atoms with van der Waals surface area (Å²) >= 11 is 0. The lowest BCUT2D eigenvalue weighted by Crippen LogP contribution is -2.41. The van der Waals surface area contributed by atoms with Crippen molar-refractivity contribution in [2.24, 2.45) is 0 Å². The van der Waals surface area contributed by atoms with Gasteiger partial charge in [0.2, 0.25) is 0 Å². The van der Waals surface area contributed by atoms with Gasteiger partial charge >= 0.3 is 7.12 Å². The van der Waals surface area contributed by atoms with Crippen LogP contribution in [-0.2, 0) is 14.0 Å². The average Bonchev–Trinajstić information content (AvgIpc) is 2.63. The van der Waals surface area contributed by atoms with E-state index in [0.717, 1.165) is 16.8 Å². The Kier molecular flexibility index (Phi) is 5.20. The summed E-state index contributed by atoms with van der Waals surface area (Å²) < 4.78 is 23.2. The quantitative estimate of drug-likeness (QED) is 0.598. The Balaban J connectivity index is 2.05. The zero-order valence-electron chi connectivity index (χ0n) is 14.6. The van der Waals surface area contributed by atoms with Crippen molar-refractivity contribution < 1.29 is 18.8 Å². The van der Waals surface area contributed by atoms with Crippen LogP contribution < -0.4 is 10.2 Å². The first-order chi connectivity index (χ1) is 10.3. The molecule has 2 rings (SSSR count). The SMILES string of the molecule is CCOCCOc1ccc(B2OC(C)(C)C(C)(C)O2)c(C)c1. The Morgan fingerprint density at radius 3 is 2.23 bits per heavy atom. The van der Waals surface area contributed by atoms with Crippen LogP contribution in [0.15, 0.2) is 18.2 Å². The van der Waals surface area contributed by atoms with Gasteiger partial charge in [0, 0.05) is 6.61 Å². The van der Waals surface area contributed by atoms with Crippen LogP contribution in [-0.4, -0.2) is 38.1 Å². The molecule has 1 heterocycles. The van der Waals surface area contributed by atoms with Crippen molar-refractivity contribution in [3.05, 3.63) is 23.8 Å². The van der Waals surface area contributed by atoms with Gasteiger partial charge in [0.15, 0.2) is 0 Å². The molecule has 0 radical (unpaired) electrons. The highest BCUT2D eigenvalue weighted by molar-refractivity contribution is 6.62. The predicted octanol–water partition coefficient (Wildman–Crippen LogP) is 2.71. The molecule has 5 heteroatoms. The number of rotatable bonds is 6. The molecule has 0 unspecified atom stereocenters. The van der Waals surface area contributed by atoms with Crippen LogP contribution in [0.3, 0.4) is 0 Å². The second kappa shape index (κ2) is 6.61. The highest BCUT2D eigenvalue weighted by Gasteiger charge is 2.52. The lowest BCUT2D eigenvalue weighted by molar-refractivity contribution is 0.00578. The molecule has 1 aromatic carbocycles. The molecule has 0 N–H and O–H groups in total. The number of hydrogen-bond acceptors (Lipinski definition) is 4. The van der Waals surface area contributed by atoms with Crippen molar-refractivity contribution in [2.45, 2.75) is 52.7 Å². The molecule has 0 spiro atoms. The second-order valence-corrected chi connectivity index (χ2v) is 6.65. The summed E-state index contributed by atoms with van der Waals surface area (Å²) in [6.07, 6.45) is 0. The van der Waals surface area contributed by atoms with E-state index < -0.39 is 0 Å². The topological polar surface area (TPSA) is 36.9 Å². The van der Waals surface area contributed by atoms with Crippen LogP contribution in [0.1, 0.15) is 40.2 Å². The first-order valence-electron chi connectivity index (χ1n) is 7.93. The summed E-state index contributed by atoms with van der Waals surface area (Å²) in [7, 11) is -0.331. The van der Waals surface area contributed by atoms with Crippen molar-refractivity contribution in [1.29, 1.82) is 0 Å². The highest BCUT2D eigenvalue weighted by atomic mass is 16.7. The van der Waals surface area contributed by atoms with Crippen LogP contribution in [0.25, 0.3) is 0 Å². The molecule has 122 valence electrons. The van der Waals surface area contributed by atoms with Gasteiger partial charge in [0.25, 0.3) is 0 Å². The number of ether oxygens (including phenoxy) is 2. The molecule has 0 aliphatic carbocycles. The van der Waals surface area contributed by atoms with E-state index in [0.29, 0.717) is 19.8 Å². The van der Waals surface area contributed by atoms with E-state index >= 15 is 0 Å². The fourth-order valence-corrected chi connectivity index (χ4v) is 2.34. The van der Waals surface area contributed by atoms with Gasteiger partial charge in [0.05, 0.1) is 17.8 Å². The lowest BCUT2D eigenvalue weighted by atomic mass is 9.76. The summed E-state index contributed by atoms with van der Waals surface area (Å²) in [5.74, 6) is 0.845. The molecule has 22 heavy (non-hydrogen) atoms.